The summed E-state index contributed by atoms with van der Waals surface area (Å²) in [5, 5.41) is 9.96. The lowest BCUT2D eigenvalue weighted by Crippen LogP contribution is -2.47. The molecule has 1 N–H and O–H groups in total. The molecule has 1 unspecified atom stereocenters. The van der Waals surface area contributed by atoms with Crippen molar-refractivity contribution in [1.82, 2.24) is 4.31 Å². The fourth-order valence-electron chi connectivity index (χ4n) is 2.17. The SMILES string of the molecule is CC(C)N(C)S(=O)(=O)N1CCC(O)c2ccccc21. The van der Waals surface area contributed by atoms with Gasteiger partial charge in [-0.3, -0.25) is 4.31 Å². The quantitative estimate of drug-likeness (QED) is 0.915. The molecule has 0 saturated heterocycles. The largest absolute Gasteiger partial charge is 0.388 e. The van der Waals surface area contributed by atoms with Gasteiger partial charge in [0, 0.05) is 25.2 Å². The third-order valence-corrected chi connectivity index (χ3v) is 5.63. The topological polar surface area (TPSA) is 60.9 Å². The Hall–Kier alpha value is -1.11. The molecule has 1 aromatic rings. The zero-order valence-corrected chi connectivity index (χ0v) is 12.3. The van der Waals surface area contributed by atoms with Gasteiger partial charge in [-0.05, 0) is 26.3 Å². The standard InChI is InChI=1S/C13H20N2O3S/c1-10(2)14(3)19(17,18)15-9-8-13(16)11-6-4-5-7-12(11)15/h4-7,10,13,16H,8-9H2,1-3H3. The average Bonchev–Trinajstić information content (AvgIpc) is 2.38. The first kappa shape index (κ1) is 14.3. The zero-order valence-electron chi connectivity index (χ0n) is 11.4. The predicted molar refractivity (Wildman–Crippen MR) is 75.2 cm³/mol. The van der Waals surface area contributed by atoms with Gasteiger partial charge in [0.1, 0.15) is 0 Å². The molecule has 0 aromatic heterocycles. The van der Waals surface area contributed by atoms with Crippen LogP contribution in [-0.2, 0) is 10.2 Å². The summed E-state index contributed by atoms with van der Waals surface area (Å²) in [6, 6.07) is 7.00. The zero-order chi connectivity index (χ0) is 14.2. The highest BCUT2D eigenvalue weighted by Gasteiger charge is 2.34. The van der Waals surface area contributed by atoms with Crippen LogP contribution >= 0.6 is 0 Å². The fourth-order valence-corrected chi connectivity index (χ4v) is 3.77. The van der Waals surface area contributed by atoms with E-state index in [0.717, 1.165) is 0 Å². The summed E-state index contributed by atoms with van der Waals surface area (Å²) in [7, 11) is -1.97. The minimum absolute atomic E-state index is 0.107. The van der Waals surface area contributed by atoms with Crippen LogP contribution in [0.15, 0.2) is 24.3 Å². The van der Waals surface area contributed by atoms with Crippen LogP contribution in [0.5, 0.6) is 0 Å². The molecular weight excluding hydrogens is 264 g/mol. The van der Waals surface area contributed by atoms with Gasteiger partial charge < -0.3 is 5.11 Å². The molecule has 6 heteroatoms. The molecule has 2 rings (SSSR count). The Morgan fingerprint density at radius 3 is 2.63 bits per heavy atom. The number of fused-ring (bicyclic) bond motifs is 1. The second kappa shape index (κ2) is 5.11. The van der Waals surface area contributed by atoms with Gasteiger partial charge in [-0.2, -0.15) is 12.7 Å². The first-order valence-corrected chi connectivity index (χ1v) is 7.78. The van der Waals surface area contributed by atoms with E-state index in [2.05, 4.69) is 0 Å². The van der Waals surface area contributed by atoms with E-state index in [0.29, 0.717) is 24.2 Å². The van der Waals surface area contributed by atoms with Gasteiger partial charge in [-0.1, -0.05) is 18.2 Å². The fraction of sp³-hybridized carbons (Fsp3) is 0.538. The van der Waals surface area contributed by atoms with Crippen LogP contribution in [-0.4, -0.2) is 37.5 Å². The Balaban J connectivity index is 2.46. The van der Waals surface area contributed by atoms with Crippen LogP contribution in [0.3, 0.4) is 0 Å². The maximum Gasteiger partial charge on any atom is 0.304 e. The van der Waals surface area contributed by atoms with E-state index in [1.807, 2.05) is 19.9 Å². The van der Waals surface area contributed by atoms with E-state index in [-0.39, 0.29) is 6.04 Å². The van der Waals surface area contributed by atoms with Gasteiger partial charge >= 0.3 is 10.2 Å². The second-order valence-electron chi connectivity index (χ2n) is 5.05. The molecule has 1 atom stereocenters. The summed E-state index contributed by atoms with van der Waals surface area (Å²) < 4.78 is 27.9. The minimum Gasteiger partial charge on any atom is -0.388 e. The second-order valence-corrected chi connectivity index (χ2v) is 6.97. The molecule has 0 spiro atoms. The highest BCUT2D eigenvalue weighted by Crippen LogP contribution is 2.35. The molecule has 0 aliphatic carbocycles. The van der Waals surface area contributed by atoms with E-state index >= 15 is 0 Å². The molecule has 0 amide bonds. The third-order valence-electron chi connectivity index (χ3n) is 3.54. The van der Waals surface area contributed by atoms with Crippen molar-refractivity contribution in [2.45, 2.75) is 32.4 Å². The Labute approximate surface area is 114 Å². The van der Waals surface area contributed by atoms with Gasteiger partial charge in [0.05, 0.1) is 11.8 Å². The van der Waals surface area contributed by atoms with E-state index < -0.39 is 16.3 Å². The Bertz CT molecular complexity index is 557. The van der Waals surface area contributed by atoms with Crippen LogP contribution in [0.1, 0.15) is 31.9 Å². The summed E-state index contributed by atoms with van der Waals surface area (Å²) >= 11 is 0. The van der Waals surface area contributed by atoms with Gasteiger partial charge in [-0.15, -0.1) is 0 Å². The molecule has 5 nitrogen and oxygen atoms in total. The molecule has 0 saturated carbocycles. The van der Waals surface area contributed by atoms with Gasteiger partial charge in [0.15, 0.2) is 0 Å². The monoisotopic (exact) mass is 284 g/mol. The highest BCUT2D eigenvalue weighted by atomic mass is 32.2. The van der Waals surface area contributed by atoms with Crippen molar-refractivity contribution >= 4 is 15.9 Å². The van der Waals surface area contributed by atoms with Crippen molar-refractivity contribution in [3.63, 3.8) is 0 Å². The van der Waals surface area contributed by atoms with Crippen LogP contribution in [0, 0.1) is 0 Å². The first-order chi connectivity index (χ1) is 8.85. The normalized spacial score (nSPS) is 19.9. The molecule has 1 aliphatic rings. The first-order valence-electron chi connectivity index (χ1n) is 6.38. The van der Waals surface area contributed by atoms with Crippen molar-refractivity contribution in [2.24, 2.45) is 0 Å². The lowest BCUT2D eigenvalue weighted by molar-refractivity contribution is 0.166. The number of nitrogens with zero attached hydrogens (tertiary/aromatic N) is 2. The smallest absolute Gasteiger partial charge is 0.304 e. The van der Waals surface area contributed by atoms with Crippen LogP contribution in [0.2, 0.25) is 0 Å². The number of rotatable bonds is 3. The van der Waals surface area contributed by atoms with Crippen molar-refractivity contribution < 1.29 is 13.5 Å². The van der Waals surface area contributed by atoms with Crippen LogP contribution in [0.4, 0.5) is 5.69 Å². The predicted octanol–water partition coefficient (Wildman–Crippen LogP) is 1.52. The maximum absolute atomic E-state index is 12.6. The molecule has 19 heavy (non-hydrogen) atoms. The summed E-state index contributed by atoms with van der Waals surface area (Å²) in [5.41, 5.74) is 1.25. The number of para-hydroxylation sites is 1. The van der Waals surface area contributed by atoms with Crippen molar-refractivity contribution in [2.75, 3.05) is 17.9 Å². The van der Waals surface area contributed by atoms with Crippen LogP contribution < -0.4 is 4.31 Å². The van der Waals surface area contributed by atoms with Gasteiger partial charge in [-0.25, -0.2) is 0 Å². The highest BCUT2D eigenvalue weighted by molar-refractivity contribution is 7.90. The van der Waals surface area contributed by atoms with E-state index in [4.69, 9.17) is 0 Å². The average molecular weight is 284 g/mol. The lowest BCUT2D eigenvalue weighted by atomic mass is 10.0. The molecule has 1 aliphatic heterocycles. The summed E-state index contributed by atoms with van der Waals surface area (Å²) in [4.78, 5) is 0. The van der Waals surface area contributed by atoms with E-state index in [1.165, 1.54) is 8.61 Å². The Morgan fingerprint density at radius 1 is 1.37 bits per heavy atom. The number of aliphatic hydroxyl groups is 1. The molecular formula is C13H20N2O3S. The number of hydrogen-bond donors (Lipinski definition) is 1. The summed E-state index contributed by atoms with van der Waals surface area (Å²) in [6.07, 6.45) is -0.172. The minimum atomic E-state index is -3.54. The van der Waals surface area contributed by atoms with Crippen molar-refractivity contribution in [3.8, 4) is 0 Å². The molecule has 0 bridgehead atoms. The van der Waals surface area contributed by atoms with Gasteiger partial charge in [0.2, 0.25) is 0 Å². The van der Waals surface area contributed by atoms with Gasteiger partial charge in [0.25, 0.3) is 0 Å². The summed E-state index contributed by atoms with van der Waals surface area (Å²) in [5.74, 6) is 0. The Kier molecular flexibility index (Phi) is 3.85. The molecule has 1 heterocycles. The summed E-state index contributed by atoms with van der Waals surface area (Å²) in [6.45, 7) is 3.97. The number of anilines is 1. The van der Waals surface area contributed by atoms with Crippen molar-refractivity contribution in [3.05, 3.63) is 29.8 Å². The lowest BCUT2D eigenvalue weighted by Gasteiger charge is -2.36. The van der Waals surface area contributed by atoms with Crippen molar-refractivity contribution in [1.29, 1.82) is 0 Å². The number of aliphatic hydroxyl groups excluding tert-OH is 1. The van der Waals surface area contributed by atoms with E-state index in [1.54, 1.807) is 25.2 Å². The number of hydrogen-bond acceptors (Lipinski definition) is 3. The molecule has 1 aromatic carbocycles. The molecule has 0 radical (unpaired) electrons. The van der Waals surface area contributed by atoms with E-state index in [9.17, 15) is 13.5 Å². The third kappa shape index (κ3) is 2.48. The number of benzene rings is 1. The van der Waals surface area contributed by atoms with Crippen LogP contribution in [0.25, 0.3) is 0 Å². The Morgan fingerprint density at radius 2 is 2.00 bits per heavy atom. The molecule has 106 valence electrons. The maximum atomic E-state index is 12.6. The molecule has 0 fully saturated rings.